The van der Waals surface area contributed by atoms with E-state index in [2.05, 4.69) is 107 Å². The molecular formula is C39H23N5. The third-order valence-corrected chi connectivity index (χ3v) is 8.45. The summed E-state index contributed by atoms with van der Waals surface area (Å²) in [6.07, 6.45) is 7.40. The standard InChI is InChI=1S/C39H23N5/c1-2-8-30-24(6-1)15-18-33-35(30)32-9-3-4-10-34(32)44-36(33)26-11-13-27(14-12-26)39-42-22-28(23-43-39)29-19-21-41-38-31(29)17-16-25-7-5-20-40-37(25)38/h1-23H. The molecule has 0 saturated carbocycles. The van der Waals surface area contributed by atoms with E-state index in [-0.39, 0.29) is 0 Å². The van der Waals surface area contributed by atoms with E-state index in [0.29, 0.717) is 5.82 Å². The lowest BCUT2D eigenvalue weighted by Gasteiger charge is -2.13. The molecule has 0 N–H and O–H groups in total. The molecule has 5 nitrogen and oxygen atoms in total. The first-order valence-electron chi connectivity index (χ1n) is 14.6. The van der Waals surface area contributed by atoms with Crippen LogP contribution in [0.25, 0.3) is 88.0 Å². The Balaban J connectivity index is 1.11. The van der Waals surface area contributed by atoms with E-state index in [9.17, 15) is 0 Å². The summed E-state index contributed by atoms with van der Waals surface area (Å²) in [4.78, 5) is 23.9. The summed E-state index contributed by atoms with van der Waals surface area (Å²) in [6, 6.07) is 39.9. The SMILES string of the molecule is c1ccc2c(c1)ccc1c(-c3ccc(-c4ncc(-c5ccnc6c5ccc5cccnc56)cn4)cc3)nc3ccccc3c12. The van der Waals surface area contributed by atoms with Crippen molar-refractivity contribution >= 4 is 54.3 Å². The van der Waals surface area contributed by atoms with E-state index in [1.165, 1.54) is 21.5 Å². The topological polar surface area (TPSA) is 64.5 Å². The number of nitrogens with zero attached hydrogens (tertiary/aromatic N) is 5. The van der Waals surface area contributed by atoms with Crippen molar-refractivity contribution < 1.29 is 0 Å². The molecule has 44 heavy (non-hydrogen) atoms. The molecule has 0 aliphatic heterocycles. The first kappa shape index (κ1) is 24.5. The van der Waals surface area contributed by atoms with Crippen molar-refractivity contribution in [1.82, 2.24) is 24.9 Å². The minimum Gasteiger partial charge on any atom is -0.254 e. The molecule has 5 heteroatoms. The Kier molecular flexibility index (Phi) is 5.43. The third-order valence-electron chi connectivity index (χ3n) is 8.45. The van der Waals surface area contributed by atoms with Crippen molar-refractivity contribution in [2.24, 2.45) is 0 Å². The Morgan fingerprint density at radius 3 is 2.00 bits per heavy atom. The quantitative estimate of drug-likeness (QED) is 0.201. The fourth-order valence-electron chi connectivity index (χ4n) is 6.34. The zero-order chi connectivity index (χ0) is 29.0. The van der Waals surface area contributed by atoms with Crippen LogP contribution in [0.3, 0.4) is 0 Å². The summed E-state index contributed by atoms with van der Waals surface area (Å²) in [7, 11) is 0. The predicted molar refractivity (Wildman–Crippen MR) is 179 cm³/mol. The molecule has 0 radical (unpaired) electrons. The zero-order valence-electron chi connectivity index (χ0n) is 23.5. The normalized spacial score (nSPS) is 11.6. The molecule has 0 aliphatic rings. The lowest BCUT2D eigenvalue weighted by atomic mass is 9.95. The fraction of sp³-hybridized carbons (Fsp3) is 0. The van der Waals surface area contributed by atoms with Gasteiger partial charge in [-0.2, -0.15) is 0 Å². The Morgan fingerprint density at radius 1 is 0.409 bits per heavy atom. The van der Waals surface area contributed by atoms with Crippen LogP contribution in [0.15, 0.2) is 140 Å². The largest absolute Gasteiger partial charge is 0.254 e. The summed E-state index contributed by atoms with van der Waals surface area (Å²) >= 11 is 0. The molecule has 0 unspecified atom stereocenters. The molecule has 0 saturated heterocycles. The van der Waals surface area contributed by atoms with Gasteiger partial charge < -0.3 is 0 Å². The average Bonchev–Trinajstić information content (AvgIpc) is 3.11. The number of rotatable bonds is 3. The molecule has 0 fully saturated rings. The minimum absolute atomic E-state index is 0.674. The van der Waals surface area contributed by atoms with Crippen molar-refractivity contribution in [1.29, 1.82) is 0 Å². The lowest BCUT2D eigenvalue weighted by Crippen LogP contribution is -1.93. The number of fused-ring (bicyclic) bond motifs is 8. The first-order chi connectivity index (χ1) is 21.8. The monoisotopic (exact) mass is 561 g/mol. The van der Waals surface area contributed by atoms with Crippen LogP contribution in [0.1, 0.15) is 0 Å². The van der Waals surface area contributed by atoms with Crippen LogP contribution in [0, 0.1) is 0 Å². The number of benzene rings is 5. The maximum atomic E-state index is 5.13. The summed E-state index contributed by atoms with van der Waals surface area (Å²) in [5, 5.41) is 8.11. The molecule has 9 rings (SSSR count). The maximum absolute atomic E-state index is 5.13. The van der Waals surface area contributed by atoms with Crippen LogP contribution in [0.2, 0.25) is 0 Å². The Labute approximate surface area is 252 Å². The van der Waals surface area contributed by atoms with Gasteiger partial charge in [0, 0.05) is 68.4 Å². The molecular weight excluding hydrogens is 538 g/mol. The highest BCUT2D eigenvalue weighted by atomic mass is 14.9. The predicted octanol–water partition coefficient (Wildman–Crippen LogP) is 9.43. The second-order valence-corrected chi connectivity index (χ2v) is 11.0. The van der Waals surface area contributed by atoms with E-state index in [0.717, 1.165) is 60.7 Å². The van der Waals surface area contributed by atoms with Crippen LogP contribution < -0.4 is 0 Å². The lowest BCUT2D eigenvalue weighted by molar-refractivity contribution is 1.18. The molecule has 4 heterocycles. The zero-order valence-corrected chi connectivity index (χ0v) is 23.5. The number of aromatic nitrogens is 5. The highest BCUT2D eigenvalue weighted by Crippen LogP contribution is 2.37. The van der Waals surface area contributed by atoms with Gasteiger partial charge in [0.05, 0.1) is 22.2 Å². The summed E-state index contributed by atoms with van der Waals surface area (Å²) < 4.78 is 0. The summed E-state index contributed by atoms with van der Waals surface area (Å²) in [5.74, 6) is 0.674. The average molecular weight is 562 g/mol. The van der Waals surface area contributed by atoms with Gasteiger partial charge in [0.2, 0.25) is 0 Å². The molecule has 9 aromatic rings. The van der Waals surface area contributed by atoms with Crippen LogP contribution in [-0.4, -0.2) is 24.9 Å². The number of hydrogen-bond donors (Lipinski definition) is 0. The van der Waals surface area contributed by atoms with Gasteiger partial charge in [0.1, 0.15) is 0 Å². The van der Waals surface area contributed by atoms with Crippen LogP contribution in [0.4, 0.5) is 0 Å². The van der Waals surface area contributed by atoms with Crippen molar-refractivity contribution in [2.45, 2.75) is 0 Å². The van der Waals surface area contributed by atoms with E-state index in [1.807, 2.05) is 36.8 Å². The summed E-state index contributed by atoms with van der Waals surface area (Å²) in [6.45, 7) is 0. The second-order valence-electron chi connectivity index (χ2n) is 11.0. The van der Waals surface area contributed by atoms with E-state index < -0.39 is 0 Å². The molecule has 0 aliphatic carbocycles. The highest BCUT2D eigenvalue weighted by Gasteiger charge is 2.14. The van der Waals surface area contributed by atoms with E-state index >= 15 is 0 Å². The van der Waals surface area contributed by atoms with Crippen LogP contribution in [0.5, 0.6) is 0 Å². The van der Waals surface area contributed by atoms with Crippen molar-refractivity contribution in [2.75, 3.05) is 0 Å². The Hall–Kier alpha value is -6.07. The van der Waals surface area contributed by atoms with Crippen molar-refractivity contribution in [3.05, 3.63) is 140 Å². The van der Waals surface area contributed by atoms with Gasteiger partial charge in [0.25, 0.3) is 0 Å². The molecule has 0 bridgehead atoms. The molecule has 0 spiro atoms. The van der Waals surface area contributed by atoms with Gasteiger partial charge >= 0.3 is 0 Å². The number of hydrogen-bond acceptors (Lipinski definition) is 5. The van der Waals surface area contributed by atoms with Gasteiger partial charge in [-0.3, -0.25) is 9.97 Å². The van der Waals surface area contributed by atoms with Crippen LogP contribution in [-0.2, 0) is 0 Å². The molecule has 5 aromatic carbocycles. The molecule has 204 valence electrons. The van der Waals surface area contributed by atoms with Crippen molar-refractivity contribution in [3.63, 3.8) is 0 Å². The van der Waals surface area contributed by atoms with Gasteiger partial charge in [-0.1, -0.05) is 97.1 Å². The highest BCUT2D eigenvalue weighted by molar-refractivity contribution is 6.22. The summed E-state index contributed by atoms with van der Waals surface area (Å²) in [5.41, 5.74) is 7.71. The molecule has 0 amide bonds. The smallest absolute Gasteiger partial charge is 0.159 e. The molecule has 0 atom stereocenters. The Bertz CT molecular complexity index is 2520. The van der Waals surface area contributed by atoms with Gasteiger partial charge in [-0.25, -0.2) is 15.0 Å². The van der Waals surface area contributed by atoms with E-state index in [4.69, 9.17) is 15.0 Å². The van der Waals surface area contributed by atoms with Crippen LogP contribution >= 0.6 is 0 Å². The van der Waals surface area contributed by atoms with Gasteiger partial charge in [-0.15, -0.1) is 0 Å². The number of pyridine rings is 3. The van der Waals surface area contributed by atoms with Crippen molar-refractivity contribution in [3.8, 4) is 33.8 Å². The number of para-hydroxylation sites is 1. The maximum Gasteiger partial charge on any atom is 0.159 e. The third kappa shape index (κ3) is 3.83. The van der Waals surface area contributed by atoms with Gasteiger partial charge in [0.15, 0.2) is 5.82 Å². The van der Waals surface area contributed by atoms with Gasteiger partial charge in [-0.05, 0) is 34.5 Å². The van der Waals surface area contributed by atoms with E-state index in [1.54, 1.807) is 6.20 Å². The second kappa shape index (κ2) is 9.75. The molecule has 4 aromatic heterocycles. The first-order valence-corrected chi connectivity index (χ1v) is 14.6. The minimum atomic E-state index is 0.674. The fourth-order valence-corrected chi connectivity index (χ4v) is 6.34. The Morgan fingerprint density at radius 2 is 1.11 bits per heavy atom.